The molecular formula is C16H22N2OS. The molecule has 1 N–H and O–H groups in total. The molecule has 0 radical (unpaired) electrons. The maximum Gasteiger partial charge on any atom is 0.119 e. The van der Waals surface area contributed by atoms with Crippen LogP contribution in [0.2, 0.25) is 0 Å². The molecule has 3 nitrogen and oxygen atoms in total. The number of hydrogen-bond acceptors (Lipinski definition) is 4. The number of nitrogens with one attached hydrogen (secondary N) is 1. The average molecular weight is 290 g/mol. The van der Waals surface area contributed by atoms with Gasteiger partial charge in [0.15, 0.2) is 0 Å². The van der Waals surface area contributed by atoms with Gasteiger partial charge >= 0.3 is 0 Å². The first kappa shape index (κ1) is 14.9. The van der Waals surface area contributed by atoms with Gasteiger partial charge < -0.3 is 10.1 Å². The second-order valence-corrected chi connectivity index (χ2v) is 6.64. The van der Waals surface area contributed by atoms with Crippen LogP contribution >= 0.6 is 11.3 Å². The van der Waals surface area contributed by atoms with Crippen molar-refractivity contribution in [3.8, 4) is 5.75 Å². The van der Waals surface area contributed by atoms with E-state index in [0.29, 0.717) is 0 Å². The zero-order valence-corrected chi connectivity index (χ0v) is 13.5. The van der Waals surface area contributed by atoms with Crippen LogP contribution in [0, 0.1) is 13.8 Å². The van der Waals surface area contributed by atoms with Crippen molar-refractivity contribution in [3.05, 3.63) is 39.8 Å². The highest BCUT2D eigenvalue weighted by atomic mass is 32.1. The van der Waals surface area contributed by atoms with E-state index in [1.165, 1.54) is 4.88 Å². The molecule has 1 unspecified atom stereocenters. The number of aromatic nitrogens is 1. The van der Waals surface area contributed by atoms with Crippen molar-refractivity contribution >= 4 is 17.0 Å². The SMILES string of the molecule is Cc1nc(C(C)Nc2ccc(OC(C)C)cc2)c(C)s1. The van der Waals surface area contributed by atoms with Gasteiger partial charge in [-0.3, -0.25) is 0 Å². The number of benzene rings is 1. The third-order valence-corrected chi connectivity index (χ3v) is 3.86. The van der Waals surface area contributed by atoms with Crippen molar-refractivity contribution in [2.75, 3.05) is 5.32 Å². The van der Waals surface area contributed by atoms with Gasteiger partial charge in [-0.1, -0.05) is 0 Å². The number of hydrogen-bond donors (Lipinski definition) is 1. The Bertz CT molecular complexity index is 560. The van der Waals surface area contributed by atoms with Gasteiger partial charge in [0, 0.05) is 10.6 Å². The van der Waals surface area contributed by atoms with Crippen LogP contribution in [0.4, 0.5) is 5.69 Å². The summed E-state index contributed by atoms with van der Waals surface area (Å²) in [7, 11) is 0. The number of ether oxygens (including phenoxy) is 1. The largest absolute Gasteiger partial charge is 0.491 e. The normalized spacial score (nSPS) is 12.5. The van der Waals surface area contributed by atoms with Crippen LogP contribution in [0.5, 0.6) is 5.75 Å². The van der Waals surface area contributed by atoms with Crippen LogP contribution in [-0.4, -0.2) is 11.1 Å². The van der Waals surface area contributed by atoms with Gasteiger partial charge in [0.1, 0.15) is 5.75 Å². The quantitative estimate of drug-likeness (QED) is 0.865. The van der Waals surface area contributed by atoms with E-state index in [1.807, 2.05) is 45.0 Å². The maximum absolute atomic E-state index is 5.64. The molecule has 1 aromatic carbocycles. The topological polar surface area (TPSA) is 34.2 Å². The summed E-state index contributed by atoms with van der Waals surface area (Å²) in [4.78, 5) is 5.87. The minimum Gasteiger partial charge on any atom is -0.491 e. The minimum absolute atomic E-state index is 0.202. The van der Waals surface area contributed by atoms with Crippen molar-refractivity contribution in [1.82, 2.24) is 4.98 Å². The predicted octanol–water partition coefficient (Wildman–Crippen LogP) is 4.72. The molecule has 0 aliphatic heterocycles. The third kappa shape index (κ3) is 3.73. The average Bonchev–Trinajstić information content (AvgIpc) is 2.70. The highest BCUT2D eigenvalue weighted by Crippen LogP contribution is 2.26. The lowest BCUT2D eigenvalue weighted by molar-refractivity contribution is 0.242. The molecule has 4 heteroatoms. The molecule has 1 aromatic heterocycles. The van der Waals surface area contributed by atoms with Gasteiger partial charge in [-0.2, -0.15) is 0 Å². The molecule has 2 rings (SSSR count). The van der Waals surface area contributed by atoms with E-state index in [9.17, 15) is 0 Å². The lowest BCUT2D eigenvalue weighted by atomic mass is 10.2. The second-order valence-electron chi connectivity index (χ2n) is 5.23. The minimum atomic E-state index is 0.202. The molecular weight excluding hydrogens is 268 g/mol. The van der Waals surface area contributed by atoms with E-state index in [4.69, 9.17) is 4.74 Å². The van der Waals surface area contributed by atoms with Crippen molar-refractivity contribution in [2.24, 2.45) is 0 Å². The Morgan fingerprint density at radius 3 is 2.25 bits per heavy atom. The molecule has 20 heavy (non-hydrogen) atoms. The monoisotopic (exact) mass is 290 g/mol. The number of aryl methyl sites for hydroxylation is 2. The van der Waals surface area contributed by atoms with Crippen molar-refractivity contribution < 1.29 is 4.74 Å². The molecule has 1 atom stereocenters. The van der Waals surface area contributed by atoms with Crippen molar-refractivity contribution in [3.63, 3.8) is 0 Å². The smallest absolute Gasteiger partial charge is 0.119 e. The molecule has 0 aliphatic rings. The van der Waals surface area contributed by atoms with Crippen LogP contribution in [0.25, 0.3) is 0 Å². The fourth-order valence-corrected chi connectivity index (χ4v) is 3.08. The molecule has 1 heterocycles. The first-order valence-corrected chi connectivity index (χ1v) is 7.74. The fraction of sp³-hybridized carbons (Fsp3) is 0.438. The van der Waals surface area contributed by atoms with Crippen molar-refractivity contribution in [2.45, 2.75) is 46.8 Å². The summed E-state index contributed by atoms with van der Waals surface area (Å²) in [5, 5.41) is 4.60. The van der Waals surface area contributed by atoms with E-state index in [-0.39, 0.29) is 12.1 Å². The summed E-state index contributed by atoms with van der Waals surface area (Å²) in [5.41, 5.74) is 2.22. The molecule has 0 aliphatic carbocycles. The molecule has 0 saturated heterocycles. The Morgan fingerprint density at radius 1 is 1.10 bits per heavy atom. The summed E-state index contributed by atoms with van der Waals surface area (Å²) in [5.74, 6) is 0.902. The number of nitrogens with zero attached hydrogens (tertiary/aromatic N) is 1. The summed E-state index contributed by atoms with van der Waals surface area (Å²) < 4.78 is 5.64. The molecule has 0 spiro atoms. The Kier molecular flexibility index (Phi) is 4.65. The zero-order valence-electron chi connectivity index (χ0n) is 12.7. The van der Waals surface area contributed by atoms with Gasteiger partial charge in [-0.15, -0.1) is 11.3 Å². The summed E-state index contributed by atoms with van der Waals surface area (Å²) in [6.07, 6.45) is 0.202. The molecule has 0 saturated carbocycles. The summed E-state index contributed by atoms with van der Waals surface area (Å²) >= 11 is 1.75. The van der Waals surface area contributed by atoms with Gasteiger partial charge in [-0.05, 0) is 58.9 Å². The zero-order chi connectivity index (χ0) is 14.7. The van der Waals surface area contributed by atoms with E-state index < -0.39 is 0 Å². The van der Waals surface area contributed by atoms with Crippen LogP contribution in [-0.2, 0) is 0 Å². The molecule has 0 fully saturated rings. The fourth-order valence-electron chi connectivity index (χ4n) is 2.17. The predicted molar refractivity (Wildman–Crippen MR) is 85.8 cm³/mol. The van der Waals surface area contributed by atoms with Crippen LogP contribution < -0.4 is 10.1 Å². The van der Waals surface area contributed by atoms with Crippen molar-refractivity contribution in [1.29, 1.82) is 0 Å². The van der Waals surface area contributed by atoms with Gasteiger partial charge in [0.2, 0.25) is 0 Å². The van der Waals surface area contributed by atoms with E-state index in [0.717, 1.165) is 22.1 Å². The number of thiazole rings is 1. The first-order valence-electron chi connectivity index (χ1n) is 6.93. The maximum atomic E-state index is 5.64. The Balaban J connectivity index is 2.04. The molecule has 108 valence electrons. The highest BCUT2D eigenvalue weighted by Gasteiger charge is 2.12. The summed E-state index contributed by atoms with van der Waals surface area (Å²) in [6, 6.07) is 8.28. The van der Waals surface area contributed by atoms with Crippen LogP contribution in [0.3, 0.4) is 0 Å². The number of rotatable bonds is 5. The second kappa shape index (κ2) is 6.27. The molecule has 2 aromatic rings. The Hall–Kier alpha value is -1.55. The van der Waals surface area contributed by atoms with Gasteiger partial charge in [0.25, 0.3) is 0 Å². The molecule has 0 bridgehead atoms. The van der Waals surface area contributed by atoms with E-state index in [1.54, 1.807) is 11.3 Å². The lowest BCUT2D eigenvalue weighted by Gasteiger charge is -2.15. The van der Waals surface area contributed by atoms with Crippen LogP contribution in [0.1, 0.15) is 42.4 Å². The third-order valence-electron chi connectivity index (χ3n) is 2.96. The van der Waals surface area contributed by atoms with E-state index in [2.05, 4.69) is 24.1 Å². The summed E-state index contributed by atoms with van der Waals surface area (Å²) in [6.45, 7) is 10.4. The first-order chi connectivity index (χ1) is 9.45. The lowest BCUT2D eigenvalue weighted by Crippen LogP contribution is -2.09. The van der Waals surface area contributed by atoms with Crippen LogP contribution in [0.15, 0.2) is 24.3 Å². The molecule has 0 amide bonds. The Morgan fingerprint density at radius 2 is 1.75 bits per heavy atom. The number of anilines is 1. The Labute approximate surface area is 125 Å². The standard InChI is InChI=1S/C16H22N2OS/c1-10(2)19-15-8-6-14(7-9-15)17-11(3)16-12(4)20-13(5)18-16/h6-11,17H,1-5H3. The van der Waals surface area contributed by atoms with E-state index >= 15 is 0 Å². The van der Waals surface area contributed by atoms with Gasteiger partial charge in [-0.25, -0.2) is 4.98 Å². The highest BCUT2D eigenvalue weighted by molar-refractivity contribution is 7.11. The van der Waals surface area contributed by atoms with Gasteiger partial charge in [0.05, 0.1) is 22.8 Å².